The van der Waals surface area contributed by atoms with E-state index in [9.17, 15) is 9.00 Å². The topological polar surface area (TPSA) is 34.1 Å². The van der Waals surface area contributed by atoms with Gasteiger partial charge < -0.3 is 0 Å². The van der Waals surface area contributed by atoms with Gasteiger partial charge in [0, 0.05) is 20.0 Å². The van der Waals surface area contributed by atoms with Gasteiger partial charge in [0.2, 0.25) is 0 Å². The lowest BCUT2D eigenvalue weighted by Crippen LogP contribution is -2.11. The average molecular weight is 236 g/mol. The molecule has 16 heavy (non-hydrogen) atoms. The van der Waals surface area contributed by atoms with Crippen molar-refractivity contribution in [3.05, 3.63) is 29.3 Å². The molecular formula is C13H16O2S. The number of Topliss-reactive ketones (excluding diaryl/α,β-unsaturated/α-hetero) is 1. The van der Waals surface area contributed by atoms with E-state index in [1.807, 2.05) is 12.1 Å². The van der Waals surface area contributed by atoms with Gasteiger partial charge >= 0.3 is 0 Å². The maximum absolute atomic E-state index is 12.0. The highest BCUT2D eigenvalue weighted by atomic mass is 32.2. The molecule has 2 rings (SSSR count). The number of hydrogen-bond acceptors (Lipinski definition) is 2. The number of carbonyl (C=O) groups excluding carboxylic acids is 1. The van der Waals surface area contributed by atoms with Crippen molar-refractivity contribution in [1.29, 1.82) is 0 Å². The monoisotopic (exact) mass is 236 g/mol. The van der Waals surface area contributed by atoms with E-state index in [-0.39, 0.29) is 17.0 Å². The number of rotatable bonds is 0. The third-order valence-corrected chi connectivity index (χ3v) is 4.80. The maximum atomic E-state index is 12.0. The van der Waals surface area contributed by atoms with Gasteiger partial charge in [0.15, 0.2) is 5.78 Å². The molecule has 0 aliphatic carbocycles. The smallest absolute Gasteiger partial charge is 0.176 e. The van der Waals surface area contributed by atoms with Crippen LogP contribution in [0.3, 0.4) is 0 Å². The molecule has 1 heterocycles. The molecule has 1 unspecified atom stereocenters. The van der Waals surface area contributed by atoms with Crippen molar-refractivity contribution in [3.8, 4) is 0 Å². The Morgan fingerprint density at radius 3 is 2.50 bits per heavy atom. The van der Waals surface area contributed by atoms with Crippen LogP contribution in [0.1, 0.15) is 36.7 Å². The minimum atomic E-state index is -2.37. The lowest BCUT2D eigenvalue weighted by atomic mass is 9.86. The number of ketones is 1. The Balaban J connectivity index is 2.67. The molecule has 0 radical (unpaired) electrons. The van der Waals surface area contributed by atoms with Crippen molar-refractivity contribution >= 4 is 21.2 Å². The average Bonchev–Trinajstić information content (AvgIpc) is 2.36. The van der Waals surface area contributed by atoms with Gasteiger partial charge in [-0.15, -0.1) is 0 Å². The van der Waals surface area contributed by atoms with Crippen LogP contribution in [0.25, 0.3) is 0 Å². The highest BCUT2D eigenvalue weighted by molar-refractivity contribution is 8.01. The second kappa shape index (κ2) is 3.20. The standard InChI is InChI=1S/C13H16O2S/c1-13(2,3)9-5-6-12-10(7-9)11(14)8-16(12,4)15/h5-7H,4,8H2,1-3H3. The molecule has 0 aromatic heterocycles. The van der Waals surface area contributed by atoms with E-state index >= 15 is 0 Å². The fourth-order valence-electron chi connectivity index (χ4n) is 1.91. The van der Waals surface area contributed by atoms with Gasteiger partial charge in [-0.1, -0.05) is 26.8 Å². The molecule has 0 fully saturated rings. The van der Waals surface area contributed by atoms with Gasteiger partial charge in [0.25, 0.3) is 0 Å². The molecule has 1 aromatic carbocycles. The SMILES string of the molecule is C=S1(=O)CC(=O)c2cc(C(C)(C)C)ccc21. The van der Waals surface area contributed by atoms with E-state index in [1.54, 1.807) is 6.07 Å². The van der Waals surface area contributed by atoms with Gasteiger partial charge in [0.05, 0.1) is 5.75 Å². The summed E-state index contributed by atoms with van der Waals surface area (Å²) in [6.07, 6.45) is 0. The number of hydrogen-bond donors (Lipinski definition) is 0. The predicted octanol–water partition coefficient (Wildman–Crippen LogP) is 2.26. The third-order valence-electron chi connectivity index (χ3n) is 2.91. The van der Waals surface area contributed by atoms with Crippen molar-refractivity contribution in [1.82, 2.24) is 0 Å². The second-order valence-electron chi connectivity index (χ2n) is 5.34. The Morgan fingerprint density at radius 2 is 1.94 bits per heavy atom. The highest BCUT2D eigenvalue weighted by Crippen LogP contribution is 2.31. The van der Waals surface area contributed by atoms with Gasteiger partial charge in [-0.2, -0.15) is 0 Å². The van der Waals surface area contributed by atoms with Crippen LogP contribution in [0, 0.1) is 0 Å². The van der Waals surface area contributed by atoms with E-state index in [2.05, 4.69) is 26.6 Å². The minimum absolute atomic E-state index is 0.0000520. The summed E-state index contributed by atoms with van der Waals surface area (Å²) in [5.41, 5.74) is 1.70. The van der Waals surface area contributed by atoms with Crippen LogP contribution in [-0.2, 0) is 14.9 Å². The molecule has 0 bridgehead atoms. The summed E-state index contributed by atoms with van der Waals surface area (Å²) in [4.78, 5) is 12.4. The summed E-state index contributed by atoms with van der Waals surface area (Å²) in [5.74, 6) is 3.68. The molecular weight excluding hydrogens is 220 g/mol. The Labute approximate surface area is 96.7 Å². The Hall–Kier alpha value is -1.09. The van der Waals surface area contributed by atoms with Gasteiger partial charge in [-0.25, -0.2) is 0 Å². The van der Waals surface area contributed by atoms with Crippen LogP contribution in [0.4, 0.5) is 0 Å². The zero-order valence-electron chi connectivity index (χ0n) is 9.87. The lowest BCUT2D eigenvalue weighted by Gasteiger charge is -2.19. The van der Waals surface area contributed by atoms with E-state index in [4.69, 9.17) is 0 Å². The highest BCUT2D eigenvalue weighted by Gasteiger charge is 2.29. The molecule has 0 saturated heterocycles. The first-order chi connectivity index (χ1) is 7.22. The molecule has 86 valence electrons. The summed E-state index contributed by atoms with van der Waals surface area (Å²) in [7, 11) is -2.37. The Bertz CT molecular complexity index is 560. The fraction of sp³-hybridized carbons (Fsp3) is 0.385. The maximum Gasteiger partial charge on any atom is 0.176 e. The quantitative estimate of drug-likeness (QED) is 0.647. The Kier molecular flexibility index (Phi) is 2.28. The van der Waals surface area contributed by atoms with Crippen LogP contribution < -0.4 is 0 Å². The van der Waals surface area contributed by atoms with Gasteiger partial charge in [0.1, 0.15) is 0 Å². The molecule has 0 spiro atoms. The predicted molar refractivity (Wildman–Crippen MR) is 67.9 cm³/mol. The van der Waals surface area contributed by atoms with Crippen LogP contribution in [0.2, 0.25) is 0 Å². The summed E-state index contributed by atoms with van der Waals surface area (Å²) < 4.78 is 12.0. The van der Waals surface area contributed by atoms with Crippen molar-refractivity contribution < 1.29 is 9.00 Å². The first-order valence-corrected chi connectivity index (χ1v) is 7.14. The van der Waals surface area contributed by atoms with E-state index < -0.39 is 9.52 Å². The zero-order chi connectivity index (χ0) is 12.1. The molecule has 3 heteroatoms. The summed E-state index contributed by atoms with van der Waals surface area (Å²) >= 11 is 0. The van der Waals surface area contributed by atoms with E-state index in [1.165, 1.54) is 0 Å². The van der Waals surface area contributed by atoms with Crippen molar-refractivity contribution in [2.45, 2.75) is 31.1 Å². The zero-order valence-corrected chi connectivity index (χ0v) is 10.7. The summed E-state index contributed by atoms with van der Waals surface area (Å²) in [5, 5.41) is 0. The normalized spacial score (nSPS) is 24.6. The van der Waals surface area contributed by atoms with Crippen LogP contribution in [-0.4, -0.2) is 21.6 Å². The molecule has 1 aliphatic rings. The van der Waals surface area contributed by atoms with E-state index in [0.29, 0.717) is 10.5 Å². The van der Waals surface area contributed by atoms with Crippen molar-refractivity contribution in [3.63, 3.8) is 0 Å². The third kappa shape index (κ3) is 1.69. The van der Waals surface area contributed by atoms with Crippen LogP contribution >= 0.6 is 0 Å². The first-order valence-electron chi connectivity index (χ1n) is 5.24. The number of fused-ring (bicyclic) bond motifs is 1. The molecule has 1 atom stereocenters. The molecule has 1 aromatic rings. The van der Waals surface area contributed by atoms with Gasteiger partial charge in [-0.05, 0) is 29.0 Å². The lowest BCUT2D eigenvalue weighted by molar-refractivity contribution is 0.102. The van der Waals surface area contributed by atoms with Crippen LogP contribution in [0.5, 0.6) is 0 Å². The molecule has 0 amide bonds. The second-order valence-corrected chi connectivity index (χ2v) is 7.69. The Morgan fingerprint density at radius 1 is 1.31 bits per heavy atom. The van der Waals surface area contributed by atoms with Crippen LogP contribution in [0.15, 0.2) is 23.1 Å². The van der Waals surface area contributed by atoms with E-state index in [0.717, 1.165) is 5.56 Å². The summed E-state index contributed by atoms with van der Waals surface area (Å²) in [6, 6.07) is 5.62. The molecule has 0 N–H and O–H groups in total. The molecule has 2 nitrogen and oxygen atoms in total. The minimum Gasteiger partial charge on any atom is -0.293 e. The van der Waals surface area contributed by atoms with Gasteiger partial charge in [-0.3, -0.25) is 9.00 Å². The van der Waals surface area contributed by atoms with Crippen molar-refractivity contribution in [2.24, 2.45) is 0 Å². The summed E-state index contributed by atoms with van der Waals surface area (Å²) in [6.45, 7) is 6.28. The number of benzene rings is 1. The number of carbonyl (C=O) groups is 1. The first kappa shape index (κ1) is 11.4. The van der Waals surface area contributed by atoms with Crippen molar-refractivity contribution in [2.75, 3.05) is 5.75 Å². The fourth-order valence-corrected chi connectivity index (χ4v) is 3.53. The largest absolute Gasteiger partial charge is 0.293 e. The molecule has 0 saturated carbocycles. The molecule has 1 aliphatic heterocycles.